The summed E-state index contributed by atoms with van der Waals surface area (Å²) in [5, 5.41) is 4.26. The van der Waals surface area contributed by atoms with Crippen molar-refractivity contribution in [2.75, 3.05) is 6.54 Å². The molecule has 2 rings (SSSR count). The fraction of sp³-hybridized carbons (Fsp3) is 0.357. The summed E-state index contributed by atoms with van der Waals surface area (Å²) in [6.45, 7) is 3.06. The highest BCUT2D eigenvalue weighted by Crippen LogP contribution is 2.30. The predicted molar refractivity (Wildman–Crippen MR) is 82.5 cm³/mol. The van der Waals surface area contributed by atoms with Crippen LogP contribution >= 0.6 is 27.5 Å². The molecule has 0 aliphatic heterocycles. The molecule has 19 heavy (non-hydrogen) atoms. The summed E-state index contributed by atoms with van der Waals surface area (Å²) in [5.74, 6) is 0.966. The van der Waals surface area contributed by atoms with Gasteiger partial charge in [0.2, 0.25) is 0 Å². The lowest BCUT2D eigenvalue weighted by Crippen LogP contribution is -2.26. The van der Waals surface area contributed by atoms with Crippen molar-refractivity contribution in [3.8, 4) is 0 Å². The highest BCUT2D eigenvalue weighted by molar-refractivity contribution is 9.10. The first-order chi connectivity index (χ1) is 9.13. The first-order valence-corrected chi connectivity index (χ1v) is 7.46. The van der Waals surface area contributed by atoms with E-state index in [0.717, 1.165) is 33.8 Å². The first kappa shape index (κ1) is 14.6. The van der Waals surface area contributed by atoms with Gasteiger partial charge in [0, 0.05) is 28.9 Å². The third kappa shape index (κ3) is 3.38. The first-order valence-electron chi connectivity index (χ1n) is 6.29. The van der Waals surface area contributed by atoms with Crippen molar-refractivity contribution in [2.24, 2.45) is 7.05 Å². The summed E-state index contributed by atoms with van der Waals surface area (Å²) in [5.41, 5.74) is 1.04. The number of nitrogens with zero attached hydrogens (tertiary/aromatic N) is 2. The average Bonchev–Trinajstić information content (AvgIpc) is 2.80. The molecule has 0 radical (unpaired) electrons. The van der Waals surface area contributed by atoms with E-state index in [9.17, 15) is 0 Å². The number of imidazole rings is 1. The number of halogens is 2. The van der Waals surface area contributed by atoms with Crippen molar-refractivity contribution >= 4 is 27.5 Å². The average molecular weight is 343 g/mol. The second-order valence-corrected chi connectivity index (χ2v) is 5.77. The number of aryl methyl sites for hydroxylation is 1. The van der Waals surface area contributed by atoms with Crippen LogP contribution in [0.5, 0.6) is 0 Å². The van der Waals surface area contributed by atoms with Gasteiger partial charge < -0.3 is 9.88 Å². The van der Waals surface area contributed by atoms with Gasteiger partial charge in [-0.1, -0.05) is 34.5 Å². The second kappa shape index (κ2) is 6.55. The third-order valence-corrected chi connectivity index (χ3v) is 3.82. The van der Waals surface area contributed by atoms with E-state index < -0.39 is 0 Å². The maximum absolute atomic E-state index is 6.34. The van der Waals surface area contributed by atoms with Crippen molar-refractivity contribution < 1.29 is 0 Å². The minimum atomic E-state index is 0.00458. The molecule has 0 fully saturated rings. The molecule has 102 valence electrons. The normalized spacial score (nSPS) is 12.6. The number of aromatic nitrogens is 2. The van der Waals surface area contributed by atoms with Crippen LogP contribution in [0.15, 0.2) is 35.1 Å². The highest BCUT2D eigenvalue weighted by Gasteiger charge is 2.20. The molecule has 0 saturated carbocycles. The van der Waals surface area contributed by atoms with Crippen molar-refractivity contribution in [3.05, 3.63) is 51.5 Å². The number of hydrogen-bond donors (Lipinski definition) is 1. The Labute approximate surface area is 127 Å². The van der Waals surface area contributed by atoms with Gasteiger partial charge in [-0.3, -0.25) is 0 Å². The van der Waals surface area contributed by atoms with Gasteiger partial charge in [-0.05, 0) is 36.7 Å². The van der Waals surface area contributed by atoms with E-state index in [-0.39, 0.29) is 6.04 Å². The summed E-state index contributed by atoms with van der Waals surface area (Å²) in [6, 6.07) is 5.90. The lowest BCUT2D eigenvalue weighted by atomic mass is 10.1. The van der Waals surface area contributed by atoms with E-state index in [4.69, 9.17) is 11.6 Å². The molecule has 1 aromatic heterocycles. The minimum Gasteiger partial charge on any atom is -0.336 e. The molecule has 1 unspecified atom stereocenters. The maximum atomic E-state index is 6.34. The smallest absolute Gasteiger partial charge is 0.130 e. The molecule has 1 heterocycles. The van der Waals surface area contributed by atoms with Gasteiger partial charge in [-0.25, -0.2) is 4.98 Å². The Morgan fingerprint density at radius 2 is 2.26 bits per heavy atom. The number of hydrogen-bond acceptors (Lipinski definition) is 2. The molecular formula is C14H17BrClN3. The molecule has 1 atom stereocenters. The summed E-state index contributed by atoms with van der Waals surface area (Å²) in [6.07, 6.45) is 4.82. The summed E-state index contributed by atoms with van der Waals surface area (Å²) in [7, 11) is 1.99. The van der Waals surface area contributed by atoms with Gasteiger partial charge in [0.25, 0.3) is 0 Å². The monoisotopic (exact) mass is 341 g/mol. The Morgan fingerprint density at radius 3 is 2.89 bits per heavy atom. The van der Waals surface area contributed by atoms with Gasteiger partial charge >= 0.3 is 0 Å². The van der Waals surface area contributed by atoms with Gasteiger partial charge in [-0.2, -0.15) is 0 Å². The largest absolute Gasteiger partial charge is 0.336 e. The number of benzene rings is 1. The minimum absolute atomic E-state index is 0.00458. The molecule has 0 saturated heterocycles. The standard InChI is InChI=1S/C14H17BrClN3/c1-3-6-17-13(14-18-7-8-19(14)2)11-9-10(15)4-5-12(11)16/h4-5,7-9,13,17H,3,6H2,1-2H3. The van der Waals surface area contributed by atoms with Crippen LogP contribution in [0.4, 0.5) is 0 Å². The topological polar surface area (TPSA) is 29.9 Å². The van der Waals surface area contributed by atoms with E-state index in [2.05, 4.69) is 33.2 Å². The molecule has 0 aliphatic carbocycles. The van der Waals surface area contributed by atoms with Crippen LogP contribution in [0.25, 0.3) is 0 Å². The lowest BCUT2D eigenvalue weighted by molar-refractivity contribution is 0.555. The maximum Gasteiger partial charge on any atom is 0.130 e. The molecular weight excluding hydrogens is 326 g/mol. The molecule has 1 aromatic carbocycles. The molecule has 0 amide bonds. The summed E-state index contributed by atoms with van der Waals surface area (Å²) < 4.78 is 3.04. The van der Waals surface area contributed by atoms with Crippen LogP contribution in [0, 0.1) is 0 Å². The van der Waals surface area contributed by atoms with E-state index in [1.807, 2.05) is 42.2 Å². The van der Waals surface area contributed by atoms with Crippen molar-refractivity contribution in [3.63, 3.8) is 0 Å². The van der Waals surface area contributed by atoms with Crippen molar-refractivity contribution in [1.82, 2.24) is 14.9 Å². The fourth-order valence-corrected chi connectivity index (χ4v) is 2.63. The highest BCUT2D eigenvalue weighted by atomic mass is 79.9. The van der Waals surface area contributed by atoms with E-state index >= 15 is 0 Å². The van der Waals surface area contributed by atoms with Crippen LogP contribution < -0.4 is 5.32 Å². The molecule has 1 N–H and O–H groups in total. The molecule has 5 heteroatoms. The number of rotatable bonds is 5. The molecule has 2 aromatic rings. The zero-order chi connectivity index (χ0) is 13.8. The molecule has 0 aliphatic rings. The van der Waals surface area contributed by atoms with Gasteiger partial charge in [0.1, 0.15) is 5.82 Å². The zero-order valence-electron chi connectivity index (χ0n) is 11.0. The van der Waals surface area contributed by atoms with Crippen LogP contribution in [0.1, 0.15) is 30.8 Å². The summed E-state index contributed by atoms with van der Waals surface area (Å²) in [4.78, 5) is 4.44. The SMILES string of the molecule is CCCNC(c1cc(Br)ccc1Cl)c1nccn1C. The summed E-state index contributed by atoms with van der Waals surface area (Å²) >= 11 is 9.84. The van der Waals surface area contributed by atoms with Gasteiger partial charge in [-0.15, -0.1) is 0 Å². The van der Waals surface area contributed by atoms with Gasteiger partial charge in [0.15, 0.2) is 0 Å². The van der Waals surface area contributed by atoms with E-state index in [1.54, 1.807) is 0 Å². The van der Waals surface area contributed by atoms with Crippen molar-refractivity contribution in [2.45, 2.75) is 19.4 Å². The van der Waals surface area contributed by atoms with Crippen molar-refractivity contribution in [1.29, 1.82) is 0 Å². The van der Waals surface area contributed by atoms with E-state index in [1.165, 1.54) is 0 Å². The molecule has 0 bridgehead atoms. The van der Waals surface area contributed by atoms with Crippen LogP contribution in [-0.4, -0.2) is 16.1 Å². The Bertz CT molecular complexity index is 553. The zero-order valence-corrected chi connectivity index (χ0v) is 13.4. The predicted octanol–water partition coefficient (Wildman–Crippen LogP) is 3.93. The third-order valence-electron chi connectivity index (χ3n) is 2.98. The number of nitrogens with one attached hydrogen (secondary N) is 1. The second-order valence-electron chi connectivity index (χ2n) is 4.45. The van der Waals surface area contributed by atoms with Gasteiger partial charge in [0.05, 0.1) is 6.04 Å². The Morgan fingerprint density at radius 1 is 1.47 bits per heavy atom. The van der Waals surface area contributed by atoms with Crippen LogP contribution in [0.2, 0.25) is 5.02 Å². The van der Waals surface area contributed by atoms with E-state index in [0.29, 0.717) is 0 Å². The Kier molecular flexibility index (Phi) is 5.02. The Balaban J connectivity index is 2.42. The molecule has 3 nitrogen and oxygen atoms in total. The Hall–Kier alpha value is -0.840. The fourth-order valence-electron chi connectivity index (χ4n) is 2.02. The molecule has 0 spiro atoms. The quantitative estimate of drug-likeness (QED) is 0.892. The van der Waals surface area contributed by atoms with Crippen LogP contribution in [-0.2, 0) is 7.05 Å². The lowest BCUT2D eigenvalue weighted by Gasteiger charge is -2.20. The van der Waals surface area contributed by atoms with Crippen LogP contribution in [0.3, 0.4) is 0 Å².